The number of aromatic nitrogens is 1. The molecule has 0 saturated carbocycles. The molecule has 1 aromatic carbocycles. The van der Waals surface area contributed by atoms with Gasteiger partial charge >= 0.3 is 5.97 Å². The molecule has 0 spiro atoms. The summed E-state index contributed by atoms with van der Waals surface area (Å²) >= 11 is 0. The number of H-pyrrole nitrogens is 1. The fourth-order valence-corrected chi connectivity index (χ4v) is 1.95. The van der Waals surface area contributed by atoms with E-state index < -0.39 is 0 Å². The number of nitrogens with one attached hydrogen (secondary N) is 1. The van der Waals surface area contributed by atoms with Crippen molar-refractivity contribution in [2.45, 2.75) is 20.3 Å². The van der Waals surface area contributed by atoms with Crippen molar-refractivity contribution in [2.75, 3.05) is 6.61 Å². The van der Waals surface area contributed by atoms with Gasteiger partial charge in [-0.25, -0.2) is 0 Å². The number of aryl methyl sites for hydroxylation is 1. The van der Waals surface area contributed by atoms with Crippen LogP contribution in [0.3, 0.4) is 0 Å². The molecule has 84 valence electrons. The van der Waals surface area contributed by atoms with Crippen LogP contribution in [0, 0.1) is 6.92 Å². The predicted molar refractivity (Wildman–Crippen MR) is 63.4 cm³/mol. The van der Waals surface area contributed by atoms with Gasteiger partial charge in [0.15, 0.2) is 0 Å². The van der Waals surface area contributed by atoms with E-state index in [1.54, 1.807) is 0 Å². The summed E-state index contributed by atoms with van der Waals surface area (Å²) in [4.78, 5) is 14.0. The van der Waals surface area contributed by atoms with E-state index in [2.05, 4.69) is 17.1 Å². The molecular formula is C13H15NO2. The van der Waals surface area contributed by atoms with Crippen molar-refractivity contribution in [3.05, 3.63) is 35.5 Å². The molecule has 1 N–H and O–H groups in total. The number of para-hydroxylation sites is 1. The number of esters is 1. The van der Waals surface area contributed by atoms with Crippen LogP contribution < -0.4 is 0 Å². The zero-order valence-electron chi connectivity index (χ0n) is 9.54. The second-order valence-corrected chi connectivity index (χ2v) is 3.86. The lowest BCUT2D eigenvalue weighted by Gasteiger charge is -2.02. The summed E-state index contributed by atoms with van der Waals surface area (Å²) in [5, 5.41) is 1.21. The Labute approximate surface area is 94.4 Å². The number of fused-ring (bicyclic) bond motifs is 1. The van der Waals surface area contributed by atoms with Crippen LogP contribution in [0.2, 0.25) is 0 Å². The summed E-state index contributed by atoms with van der Waals surface area (Å²) in [6.45, 7) is 3.92. The summed E-state index contributed by atoms with van der Waals surface area (Å²) in [5.41, 5.74) is 3.52. The molecule has 0 fully saturated rings. The summed E-state index contributed by atoms with van der Waals surface area (Å²) < 4.78 is 4.97. The Hall–Kier alpha value is -1.77. The van der Waals surface area contributed by atoms with Gasteiger partial charge in [0.05, 0.1) is 6.61 Å². The van der Waals surface area contributed by atoms with Crippen LogP contribution >= 0.6 is 0 Å². The quantitative estimate of drug-likeness (QED) is 0.803. The first kappa shape index (κ1) is 10.7. The van der Waals surface area contributed by atoms with Crippen molar-refractivity contribution in [1.82, 2.24) is 4.98 Å². The van der Waals surface area contributed by atoms with Crippen LogP contribution in [-0.4, -0.2) is 17.6 Å². The Morgan fingerprint density at radius 3 is 2.88 bits per heavy atom. The van der Waals surface area contributed by atoms with Gasteiger partial charge in [-0.05, 0) is 18.6 Å². The van der Waals surface area contributed by atoms with E-state index in [1.807, 2.05) is 19.1 Å². The van der Waals surface area contributed by atoms with Crippen molar-refractivity contribution >= 4 is 16.9 Å². The van der Waals surface area contributed by atoms with Crippen LogP contribution in [0.5, 0.6) is 0 Å². The highest BCUT2D eigenvalue weighted by atomic mass is 16.5. The van der Waals surface area contributed by atoms with Crippen LogP contribution in [-0.2, 0) is 16.0 Å². The summed E-state index contributed by atoms with van der Waals surface area (Å²) in [6.07, 6.45) is 0.759. The summed E-state index contributed by atoms with van der Waals surface area (Å²) in [6, 6.07) is 8.17. The molecule has 0 saturated heterocycles. The molecule has 0 bridgehead atoms. The minimum Gasteiger partial charge on any atom is -0.466 e. The largest absolute Gasteiger partial charge is 0.466 e. The van der Waals surface area contributed by atoms with Gasteiger partial charge in [0, 0.05) is 29.9 Å². The molecule has 0 unspecified atom stereocenters. The number of hydrogen-bond donors (Lipinski definition) is 1. The van der Waals surface area contributed by atoms with Gasteiger partial charge in [0.1, 0.15) is 0 Å². The fourth-order valence-electron chi connectivity index (χ4n) is 1.95. The monoisotopic (exact) mass is 217 g/mol. The van der Waals surface area contributed by atoms with Gasteiger partial charge in [0.25, 0.3) is 0 Å². The van der Waals surface area contributed by atoms with E-state index in [9.17, 15) is 4.79 Å². The molecule has 0 radical (unpaired) electrons. The van der Waals surface area contributed by atoms with E-state index in [4.69, 9.17) is 4.74 Å². The second kappa shape index (κ2) is 4.39. The number of carbonyl (C=O) groups excluding carboxylic acids is 1. The Bertz CT molecular complexity index is 514. The third kappa shape index (κ3) is 2.08. The zero-order valence-corrected chi connectivity index (χ0v) is 9.54. The minimum atomic E-state index is -0.225. The Morgan fingerprint density at radius 2 is 2.12 bits per heavy atom. The Balaban J connectivity index is 2.22. The number of aromatic amines is 1. The molecule has 3 nitrogen and oxygen atoms in total. The highest BCUT2D eigenvalue weighted by molar-refractivity contribution is 5.84. The topological polar surface area (TPSA) is 42.1 Å². The van der Waals surface area contributed by atoms with Gasteiger partial charge in [-0.3, -0.25) is 4.79 Å². The number of rotatable bonds is 3. The Morgan fingerprint density at radius 1 is 1.38 bits per heavy atom. The number of carbonyl (C=O) groups is 1. The van der Waals surface area contributed by atoms with Crippen molar-refractivity contribution in [1.29, 1.82) is 0 Å². The van der Waals surface area contributed by atoms with Gasteiger partial charge < -0.3 is 9.72 Å². The molecule has 2 rings (SSSR count). The van der Waals surface area contributed by atoms with E-state index in [0.29, 0.717) is 6.61 Å². The first-order chi connectivity index (χ1) is 7.68. The van der Waals surface area contributed by atoms with Crippen LogP contribution in [0.4, 0.5) is 0 Å². The van der Waals surface area contributed by atoms with Crippen molar-refractivity contribution in [3.8, 4) is 0 Å². The summed E-state index contributed by atoms with van der Waals surface area (Å²) in [7, 11) is 0. The van der Waals surface area contributed by atoms with Crippen LogP contribution in [0.25, 0.3) is 10.9 Å². The molecule has 1 heterocycles. The molecule has 0 aliphatic heterocycles. The number of ether oxygens (including phenoxy) is 1. The third-order valence-electron chi connectivity index (χ3n) is 2.68. The van der Waals surface area contributed by atoms with E-state index in [0.717, 1.165) is 17.6 Å². The molecule has 0 aliphatic rings. The highest BCUT2D eigenvalue weighted by Crippen LogP contribution is 2.22. The van der Waals surface area contributed by atoms with Crippen molar-refractivity contribution < 1.29 is 9.53 Å². The van der Waals surface area contributed by atoms with E-state index >= 15 is 0 Å². The minimum absolute atomic E-state index is 0.225. The average Bonchev–Trinajstić information content (AvgIpc) is 2.55. The lowest BCUT2D eigenvalue weighted by molar-refractivity contribution is -0.140. The number of hydrogen-bond acceptors (Lipinski definition) is 2. The molecular weight excluding hydrogens is 202 g/mol. The second-order valence-electron chi connectivity index (χ2n) is 3.86. The molecule has 0 atom stereocenters. The van der Waals surface area contributed by atoms with Crippen molar-refractivity contribution in [2.24, 2.45) is 0 Å². The van der Waals surface area contributed by atoms with Crippen LogP contribution in [0.1, 0.15) is 18.2 Å². The molecule has 16 heavy (non-hydrogen) atoms. The maximum Gasteiger partial charge on any atom is 0.302 e. The van der Waals surface area contributed by atoms with Gasteiger partial charge in [-0.2, -0.15) is 0 Å². The highest BCUT2D eigenvalue weighted by Gasteiger charge is 2.07. The molecule has 3 heteroatoms. The predicted octanol–water partition coefficient (Wildman–Crippen LogP) is 2.58. The standard InChI is InChI=1S/C13H15NO2/c1-9-11(7-8-16-10(2)15)12-5-3-4-6-13(12)14-9/h3-6,14H,7-8H2,1-2H3. The first-order valence-corrected chi connectivity index (χ1v) is 5.38. The first-order valence-electron chi connectivity index (χ1n) is 5.38. The lowest BCUT2D eigenvalue weighted by Crippen LogP contribution is -2.03. The molecule has 0 aliphatic carbocycles. The fraction of sp³-hybridized carbons (Fsp3) is 0.308. The summed E-state index contributed by atoms with van der Waals surface area (Å²) in [5.74, 6) is -0.225. The maximum atomic E-state index is 10.7. The van der Waals surface area contributed by atoms with Gasteiger partial charge in [-0.1, -0.05) is 18.2 Å². The maximum absolute atomic E-state index is 10.7. The normalized spacial score (nSPS) is 10.6. The molecule has 2 aromatic rings. The Kier molecular flexibility index (Phi) is 2.95. The van der Waals surface area contributed by atoms with E-state index in [-0.39, 0.29) is 5.97 Å². The third-order valence-corrected chi connectivity index (χ3v) is 2.68. The molecule has 1 aromatic heterocycles. The van der Waals surface area contributed by atoms with Gasteiger partial charge in [-0.15, -0.1) is 0 Å². The van der Waals surface area contributed by atoms with Crippen LogP contribution in [0.15, 0.2) is 24.3 Å². The smallest absolute Gasteiger partial charge is 0.302 e. The average molecular weight is 217 g/mol. The number of benzene rings is 1. The zero-order chi connectivity index (χ0) is 11.5. The van der Waals surface area contributed by atoms with Crippen molar-refractivity contribution in [3.63, 3.8) is 0 Å². The molecule has 0 amide bonds. The lowest BCUT2D eigenvalue weighted by atomic mass is 10.1. The van der Waals surface area contributed by atoms with Gasteiger partial charge in [0.2, 0.25) is 0 Å². The SMILES string of the molecule is CC(=O)OCCc1c(C)[nH]c2ccccc12. The van der Waals surface area contributed by atoms with E-state index in [1.165, 1.54) is 17.9 Å².